The molecule has 0 fully saturated rings. The Morgan fingerprint density at radius 1 is 1.13 bits per heavy atom. The summed E-state index contributed by atoms with van der Waals surface area (Å²) in [6.45, 7) is 4.90. The first kappa shape index (κ1) is 20.1. The van der Waals surface area contributed by atoms with Crippen LogP contribution in [0.4, 0.5) is 11.4 Å². The minimum absolute atomic E-state index is 0.116. The molecule has 0 saturated carbocycles. The molecule has 6 heteroatoms. The number of anilines is 2. The number of hydrogen-bond donors (Lipinski definition) is 1. The second-order valence-corrected chi connectivity index (χ2v) is 8.47. The monoisotopic (exact) mass is 406 g/mol. The van der Waals surface area contributed by atoms with Crippen LogP contribution in [0.25, 0.3) is 0 Å². The van der Waals surface area contributed by atoms with E-state index in [-0.39, 0.29) is 12.3 Å². The van der Waals surface area contributed by atoms with Gasteiger partial charge in [-0.05, 0) is 68.9 Å². The first-order valence-electron chi connectivity index (χ1n) is 10.3. The molecular formula is C24H26N2O4. The second-order valence-electron chi connectivity index (χ2n) is 8.47. The van der Waals surface area contributed by atoms with Gasteiger partial charge in [-0.15, -0.1) is 0 Å². The number of aryl methyl sites for hydroxylation is 2. The fourth-order valence-corrected chi connectivity index (χ4v) is 4.22. The predicted octanol–water partition coefficient (Wildman–Crippen LogP) is 3.41. The fourth-order valence-electron chi connectivity index (χ4n) is 4.22. The molecular weight excluding hydrogens is 380 g/mol. The van der Waals surface area contributed by atoms with Crippen molar-refractivity contribution in [1.29, 1.82) is 0 Å². The maximum absolute atomic E-state index is 13.2. The number of fused-ring (bicyclic) bond motifs is 2. The SMILES string of the molecule is C[C@H](OC(=O)Cc1ccc2c(c1)CCC2)C(=O)N1c2ccccc2NC(=O)C1(C)C. The van der Waals surface area contributed by atoms with Crippen LogP contribution in [-0.2, 0) is 38.4 Å². The molecule has 6 nitrogen and oxygen atoms in total. The van der Waals surface area contributed by atoms with Crippen LogP contribution in [0.3, 0.4) is 0 Å². The van der Waals surface area contributed by atoms with E-state index in [1.807, 2.05) is 6.07 Å². The number of para-hydroxylation sites is 2. The molecule has 1 atom stereocenters. The van der Waals surface area contributed by atoms with Crippen molar-refractivity contribution >= 4 is 29.2 Å². The summed E-state index contributed by atoms with van der Waals surface area (Å²) in [5.74, 6) is -1.17. The van der Waals surface area contributed by atoms with Gasteiger partial charge in [0.05, 0.1) is 17.8 Å². The fraction of sp³-hybridized carbons (Fsp3) is 0.375. The van der Waals surface area contributed by atoms with Crippen molar-refractivity contribution in [3.8, 4) is 0 Å². The molecule has 1 N–H and O–H groups in total. The average Bonchev–Trinajstić information content (AvgIpc) is 3.16. The van der Waals surface area contributed by atoms with Crippen molar-refractivity contribution < 1.29 is 19.1 Å². The number of esters is 1. The molecule has 1 aliphatic heterocycles. The molecule has 0 radical (unpaired) electrons. The largest absolute Gasteiger partial charge is 0.452 e. The van der Waals surface area contributed by atoms with Gasteiger partial charge in [0.15, 0.2) is 6.10 Å². The Labute approximate surface area is 176 Å². The minimum Gasteiger partial charge on any atom is -0.452 e. The second kappa shape index (κ2) is 7.59. The molecule has 4 rings (SSSR count). The van der Waals surface area contributed by atoms with Crippen molar-refractivity contribution in [3.05, 3.63) is 59.2 Å². The van der Waals surface area contributed by atoms with Gasteiger partial charge in [0.25, 0.3) is 5.91 Å². The Balaban J connectivity index is 1.49. The van der Waals surface area contributed by atoms with Gasteiger partial charge in [-0.1, -0.05) is 30.3 Å². The van der Waals surface area contributed by atoms with Crippen LogP contribution >= 0.6 is 0 Å². The summed E-state index contributed by atoms with van der Waals surface area (Å²) in [4.78, 5) is 39.7. The lowest BCUT2D eigenvalue weighted by Crippen LogP contribution is -2.60. The summed E-state index contributed by atoms with van der Waals surface area (Å²) in [6, 6.07) is 13.2. The van der Waals surface area contributed by atoms with Crippen LogP contribution in [0, 0.1) is 0 Å². The number of amides is 2. The van der Waals surface area contributed by atoms with E-state index in [2.05, 4.69) is 17.4 Å². The normalized spacial score (nSPS) is 17.6. The summed E-state index contributed by atoms with van der Waals surface area (Å²) in [7, 11) is 0. The predicted molar refractivity (Wildman–Crippen MR) is 114 cm³/mol. The molecule has 0 unspecified atom stereocenters. The zero-order valence-corrected chi connectivity index (χ0v) is 17.5. The highest BCUT2D eigenvalue weighted by molar-refractivity contribution is 6.15. The molecule has 1 aliphatic carbocycles. The number of nitrogens with zero attached hydrogens (tertiary/aromatic N) is 1. The lowest BCUT2D eigenvalue weighted by Gasteiger charge is -2.42. The summed E-state index contributed by atoms with van der Waals surface area (Å²) >= 11 is 0. The average molecular weight is 406 g/mol. The summed E-state index contributed by atoms with van der Waals surface area (Å²) < 4.78 is 5.47. The molecule has 2 aromatic rings. The van der Waals surface area contributed by atoms with Crippen LogP contribution in [0.2, 0.25) is 0 Å². The quantitative estimate of drug-likeness (QED) is 0.790. The molecule has 156 valence electrons. The van der Waals surface area contributed by atoms with E-state index in [9.17, 15) is 14.4 Å². The molecule has 1 heterocycles. The molecule has 0 aromatic heterocycles. The van der Waals surface area contributed by atoms with Gasteiger partial charge in [-0.2, -0.15) is 0 Å². The van der Waals surface area contributed by atoms with Crippen LogP contribution in [0.15, 0.2) is 42.5 Å². The zero-order valence-electron chi connectivity index (χ0n) is 17.5. The van der Waals surface area contributed by atoms with Gasteiger partial charge in [-0.25, -0.2) is 0 Å². The van der Waals surface area contributed by atoms with Crippen molar-refractivity contribution in [2.75, 3.05) is 10.2 Å². The Bertz CT molecular complexity index is 1030. The van der Waals surface area contributed by atoms with Crippen molar-refractivity contribution in [3.63, 3.8) is 0 Å². The first-order valence-corrected chi connectivity index (χ1v) is 10.3. The number of nitrogens with one attached hydrogen (secondary N) is 1. The van der Waals surface area contributed by atoms with E-state index in [0.717, 1.165) is 24.8 Å². The lowest BCUT2D eigenvalue weighted by atomic mass is 9.95. The van der Waals surface area contributed by atoms with Gasteiger partial charge < -0.3 is 10.1 Å². The van der Waals surface area contributed by atoms with E-state index in [4.69, 9.17) is 4.74 Å². The summed E-state index contributed by atoms with van der Waals surface area (Å²) in [6.07, 6.45) is 2.39. The third-order valence-corrected chi connectivity index (χ3v) is 5.90. The molecule has 2 aromatic carbocycles. The number of hydrogen-bond acceptors (Lipinski definition) is 4. The third-order valence-electron chi connectivity index (χ3n) is 5.90. The van der Waals surface area contributed by atoms with Crippen molar-refractivity contribution in [1.82, 2.24) is 0 Å². The Morgan fingerprint density at radius 3 is 2.67 bits per heavy atom. The van der Waals surface area contributed by atoms with E-state index < -0.39 is 23.5 Å². The van der Waals surface area contributed by atoms with Gasteiger partial charge in [-0.3, -0.25) is 19.3 Å². The molecule has 2 aliphatic rings. The molecule has 30 heavy (non-hydrogen) atoms. The lowest BCUT2D eigenvalue weighted by molar-refractivity contribution is -0.153. The first-order chi connectivity index (χ1) is 14.3. The molecule has 0 saturated heterocycles. The van der Waals surface area contributed by atoms with Crippen LogP contribution in [-0.4, -0.2) is 29.4 Å². The Morgan fingerprint density at radius 2 is 1.87 bits per heavy atom. The Hall–Kier alpha value is -3.15. The highest BCUT2D eigenvalue weighted by Crippen LogP contribution is 2.37. The maximum atomic E-state index is 13.2. The van der Waals surface area contributed by atoms with Crippen molar-refractivity contribution in [2.24, 2.45) is 0 Å². The van der Waals surface area contributed by atoms with Gasteiger partial charge in [0, 0.05) is 0 Å². The number of ether oxygens (including phenoxy) is 1. The van der Waals surface area contributed by atoms with E-state index in [1.165, 1.54) is 16.0 Å². The highest BCUT2D eigenvalue weighted by atomic mass is 16.5. The number of rotatable bonds is 4. The van der Waals surface area contributed by atoms with Gasteiger partial charge >= 0.3 is 5.97 Å². The van der Waals surface area contributed by atoms with E-state index in [0.29, 0.717) is 11.4 Å². The van der Waals surface area contributed by atoms with E-state index >= 15 is 0 Å². The van der Waals surface area contributed by atoms with E-state index in [1.54, 1.807) is 45.0 Å². The maximum Gasteiger partial charge on any atom is 0.311 e. The molecule has 2 amide bonds. The molecule has 0 spiro atoms. The van der Waals surface area contributed by atoms with Crippen LogP contribution in [0.1, 0.15) is 43.9 Å². The topological polar surface area (TPSA) is 75.7 Å². The summed E-state index contributed by atoms with van der Waals surface area (Å²) in [5.41, 5.74) is 3.58. The molecule has 0 bridgehead atoms. The van der Waals surface area contributed by atoms with Gasteiger partial charge in [0.2, 0.25) is 5.91 Å². The standard InChI is InChI=1S/C24H26N2O4/c1-15(30-21(27)14-16-11-12-17-7-6-8-18(17)13-16)22(28)26-20-10-5-4-9-19(20)25-23(29)24(26,2)3/h4-5,9-13,15H,6-8,14H2,1-3H3,(H,25,29)/t15-/m0/s1. The zero-order chi connectivity index (χ0) is 21.5. The number of carbonyl (C=O) groups is 3. The number of carbonyl (C=O) groups excluding carboxylic acids is 3. The van der Waals surface area contributed by atoms with Crippen molar-refractivity contribution in [2.45, 2.75) is 58.1 Å². The third kappa shape index (κ3) is 3.58. The van der Waals surface area contributed by atoms with Crippen LogP contribution < -0.4 is 10.2 Å². The highest BCUT2D eigenvalue weighted by Gasteiger charge is 2.45. The van der Waals surface area contributed by atoms with Crippen LogP contribution in [0.5, 0.6) is 0 Å². The summed E-state index contributed by atoms with van der Waals surface area (Å²) in [5, 5.41) is 2.83. The number of benzene rings is 2. The smallest absolute Gasteiger partial charge is 0.311 e. The minimum atomic E-state index is -1.11. The Kier molecular flexibility index (Phi) is 5.10. The van der Waals surface area contributed by atoms with Gasteiger partial charge in [0.1, 0.15) is 5.54 Å².